The zero-order valence-corrected chi connectivity index (χ0v) is 18.3. The van der Waals surface area contributed by atoms with Crippen LogP contribution in [0, 0.1) is 13.8 Å². The Morgan fingerprint density at radius 1 is 1.14 bits per heavy atom. The number of likely N-dealkylation sites (tertiary alicyclic amines) is 1. The van der Waals surface area contributed by atoms with E-state index >= 15 is 0 Å². The smallest absolute Gasteiger partial charge is 0.255 e. The minimum absolute atomic E-state index is 0. The molecule has 2 saturated heterocycles. The highest BCUT2D eigenvalue weighted by Crippen LogP contribution is 2.34. The van der Waals surface area contributed by atoms with E-state index in [4.69, 9.17) is 4.74 Å². The topological polar surface area (TPSA) is 50.6 Å². The zero-order valence-electron chi connectivity index (χ0n) is 17.5. The molecule has 2 aromatic rings. The van der Waals surface area contributed by atoms with Crippen molar-refractivity contribution in [1.82, 2.24) is 14.7 Å². The molecule has 1 spiro atoms. The summed E-state index contributed by atoms with van der Waals surface area (Å²) in [6.45, 7) is 10.6. The van der Waals surface area contributed by atoms with Gasteiger partial charge >= 0.3 is 0 Å². The number of amides is 1. The summed E-state index contributed by atoms with van der Waals surface area (Å²) in [5, 5.41) is 4.56. The third-order valence-electron chi connectivity index (χ3n) is 6.05. The Hall–Kier alpha value is -1.89. The number of hydrogen-bond donors (Lipinski definition) is 0. The summed E-state index contributed by atoms with van der Waals surface area (Å²) in [4.78, 5) is 17.1. The van der Waals surface area contributed by atoms with Gasteiger partial charge in [-0.05, 0) is 51.8 Å². The summed E-state index contributed by atoms with van der Waals surface area (Å²) in [6.07, 6.45) is 1.51. The van der Waals surface area contributed by atoms with Gasteiger partial charge in [-0.25, -0.2) is 0 Å². The number of rotatable bonds is 4. The van der Waals surface area contributed by atoms with Gasteiger partial charge in [0.25, 0.3) is 5.91 Å². The zero-order chi connectivity index (χ0) is 19.7. The Bertz CT molecular complexity index is 831. The molecule has 6 nitrogen and oxygen atoms in total. The Morgan fingerprint density at radius 3 is 2.45 bits per heavy atom. The van der Waals surface area contributed by atoms with Crippen LogP contribution in [0.15, 0.2) is 36.4 Å². The Kier molecular flexibility index (Phi) is 6.66. The maximum absolute atomic E-state index is 12.7. The lowest BCUT2D eigenvalue weighted by Gasteiger charge is -2.49. The van der Waals surface area contributed by atoms with Gasteiger partial charge in [-0.15, -0.1) is 12.4 Å². The fraction of sp³-hybridized carbons (Fsp3) is 0.545. The molecule has 1 unspecified atom stereocenters. The number of halogens is 1. The number of morpholine rings is 1. The van der Waals surface area contributed by atoms with Crippen molar-refractivity contribution in [2.24, 2.45) is 0 Å². The number of anilines is 1. The number of carbonyl (C=O) groups is 1. The van der Waals surface area contributed by atoms with Gasteiger partial charge in [0, 0.05) is 31.0 Å². The van der Waals surface area contributed by atoms with Crippen LogP contribution >= 0.6 is 12.4 Å². The number of aromatic nitrogens is 2. The van der Waals surface area contributed by atoms with Crippen molar-refractivity contribution in [3.8, 4) is 0 Å². The molecule has 1 amide bonds. The van der Waals surface area contributed by atoms with Gasteiger partial charge in [0.15, 0.2) is 0 Å². The second-order valence-corrected chi connectivity index (χ2v) is 8.19. The van der Waals surface area contributed by atoms with Crippen LogP contribution in [0.3, 0.4) is 0 Å². The molecule has 29 heavy (non-hydrogen) atoms. The first-order valence-electron chi connectivity index (χ1n) is 10.2. The van der Waals surface area contributed by atoms with Crippen LogP contribution in [0.25, 0.3) is 0 Å². The molecule has 3 heterocycles. The molecule has 2 aliphatic rings. The Labute approximate surface area is 179 Å². The number of para-hydroxylation sites is 1. The van der Waals surface area contributed by atoms with Gasteiger partial charge in [-0.1, -0.05) is 18.2 Å². The minimum atomic E-state index is -0.393. The molecular formula is C22H31ClN4O2. The van der Waals surface area contributed by atoms with Gasteiger partial charge < -0.3 is 14.5 Å². The molecule has 1 aromatic carbocycles. The summed E-state index contributed by atoms with van der Waals surface area (Å²) in [5.74, 6) is 0.0591. The maximum atomic E-state index is 12.7. The maximum Gasteiger partial charge on any atom is 0.255 e. The van der Waals surface area contributed by atoms with Crippen LogP contribution in [-0.2, 0) is 16.1 Å². The summed E-state index contributed by atoms with van der Waals surface area (Å²) < 4.78 is 8.37. The van der Waals surface area contributed by atoms with Crippen LogP contribution in [0.5, 0.6) is 0 Å². The fourth-order valence-electron chi connectivity index (χ4n) is 4.47. The van der Waals surface area contributed by atoms with Crippen molar-refractivity contribution in [3.05, 3.63) is 47.8 Å². The normalized spacial score (nSPS) is 22.0. The minimum Gasteiger partial charge on any atom is -0.360 e. The highest BCUT2D eigenvalue weighted by Gasteiger charge is 2.45. The number of benzene rings is 1. The molecule has 2 fully saturated rings. The SMILES string of the molecule is Cc1cc(C)n(CCN2CCC3(CC2)CN(c2ccccc2)C(=O)C(C)O3)n1.Cl. The highest BCUT2D eigenvalue weighted by atomic mass is 35.5. The lowest BCUT2D eigenvalue weighted by molar-refractivity contribution is -0.161. The first kappa shape index (κ1) is 21.8. The van der Waals surface area contributed by atoms with E-state index in [0.29, 0.717) is 6.54 Å². The Balaban J connectivity index is 0.00000240. The van der Waals surface area contributed by atoms with E-state index in [2.05, 4.69) is 27.7 Å². The second-order valence-electron chi connectivity index (χ2n) is 8.19. The molecule has 7 heteroatoms. The monoisotopic (exact) mass is 418 g/mol. The number of ether oxygens (including phenoxy) is 1. The molecule has 158 valence electrons. The second kappa shape index (κ2) is 8.86. The van der Waals surface area contributed by atoms with Crippen molar-refractivity contribution in [1.29, 1.82) is 0 Å². The quantitative estimate of drug-likeness (QED) is 0.765. The fourth-order valence-corrected chi connectivity index (χ4v) is 4.47. The molecule has 0 N–H and O–H groups in total. The van der Waals surface area contributed by atoms with Gasteiger partial charge in [-0.3, -0.25) is 9.48 Å². The van der Waals surface area contributed by atoms with Gasteiger partial charge in [0.2, 0.25) is 0 Å². The van der Waals surface area contributed by atoms with Crippen molar-refractivity contribution >= 4 is 24.0 Å². The third kappa shape index (κ3) is 4.65. The molecule has 4 rings (SSSR count). The molecule has 0 saturated carbocycles. The average Bonchev–Trinajstić information content (AvgIpc) is 3.02. The number of nitrogens with zero attached hydrogens (tertiary/aromatic N) is 4. The van der Waals surface area contributed by atoms with E-state index < -0.39 is 6.10 Å². The van der Waals surface area contributed by atoms with E-state index in [1.54, 1.807) is 0 Å². The molecule has 0 bridgehead atoms. The van der Waals surface area contributed by atoms with E-state index in [9.17, 15) is 4.79 Å². The van der Waals surface area contributed by atoms with E-state index in [-0.39, 0.29) is 23.9 Å². The van der Waals surface area contributed by atoms with E-state index in [1.165, 1.54) is 5.69 Å². The summed E-state index contributed by atoms with van der Waals surface area (Å²) in [6, 6.07) is 12.1. The van der Waals surface area contributed by atoms with Crippen LogP contribution < -0.4 is 4.90 Å². The molecule has 1 atom stereocenters. The summed E-state index contributed by atoms with van der Waals surface area (Å²) >= 11 is 0. The molecule has 0 aliphatic carbocycles. The third-order valence-corrected chi connectivity index (χ3v) is 6.05. The van der Waals surface area contributed by atoms with Crippen molar-refractivity contribution < 1.29 is 9.53 Å². The number of hydrogen-bond acceptors (Lipinski definition) is 4. The summed E-state index contributed by atoms with van der Waals surface area (Å²) in [7, 11) is 0. The molecule has 1 aromatic heterocycles. The van der Waals surface area contributed by atoms with Crippen molar-refractivity contribution in [2.75, 3.05) is 31.1 Å². The number of piperidine rings is 1. The summed E-state index contributed by atoms with van der Waals surface area (Å²) in [5.41, 5.74) is 3.02. The molecular weight excluding hydrogens is 388 g/mol. The number of aryl methyl sites for hydroxylation is 2. The predicted molar refractivity (Wildman–Crippen MR) is 117 cm³/mol. The van der Waals surface area contributed by atoms with Crippen LogP contribution in [-0.4, -0.2) is 58.5 Å². The highest BCUT2D eigenvalue weighted by molar-refractivity contribution is 5.97. The number of carbonyl (C=O) groups excluding carboxylic acids is 1. The van der Waals surface area contributed by atoms with E-state index in [1.807, 2.05) is 49.1 Å². The lowest BCUT2D eigenvalue weighted by Crippen LogP contribution is -2.61. The van der Waals surface area contributed by atoms with E-state index in [0.717, 1.165) is 50.4 Å². The standard InChI is InChI=1S/C22H30N4O2.ClH/c1-17-15-18(2)26(23-17)14-13-24-11-9-22(10-12-24)16-25(21(27)19(3)28-22)20-7-5-4-6-8-20;/h4-8,15,19H,9-14,16H2,1-3H3;1H. The molecule has 2 aliphatic heterocycles. The van der Waals surface area contributed by atoms with Gasteiger partial charge in [0.1, 0.15) is 6.10 Å². The predicted octanol–water partition coefficient (Wildman–Crippen LogP) is 3.21. The first-order chi connectivity index (χ1) is 13.5. The van der Waals surface area contributed by atoms with Crippen LogP contribution in [0.1, 0.15) is 31.2 Å². The largest absolute Gasteiger partial charge is 0.360 e. The first-order valence-corrected chi connectivity index (χ1v) is 10.2. The lowest BCUT2D eigenvalue weighted by atomic mass is 9.88. The van der Waals surface area contributed by atoms with Gasteiger partial charge in [-0.2, -0.15) is 5.10 Å². The van der Waals surface area contributed by atoms with Crippen LogP contribution in [0.2, 0.25) is 0 Å². The van der Waals surface area contributed by atoms with Crippen molar-refractivity contribution in [2.45, 2.75) is 51.9 Å². The van der Waals surface area contributed by atoms with Crippen LogP contribution in [0.4, 0.5) is 5.69 Å². The van der Waals surface area contributed by atoms with Crippen molar-refractivity contribution in [3.63, 3.8) is 0 Å². The molecule has 0 radical (unpaired) electrons. The average molecular weight is 419 g/mol. The Morgan fingerprint density at radius 2 is 1.83 bits per heavy atom. The van der Waals surface area contributed by atoms with Gasteiger partial charge in [0.05, 0.1) is 24.4 Å².